The fourth-order valence-corrected chi connectivity index (χ4v) is 3.02. The minimum absolute atomic E-state index is 0.104. The standard InChI is InChI=1S/C15H29NO3/c1-2-8-17-9-3-7-16-14-4-10-19-15(13-14)5-11-18-12-6-15/h14,16H,2-13H2,1H3. The highest BCUT2D eigenvalue weighted by molar-refractivity contribution is 4.91. The SMILES string of the molecule is CCCOCCCNC1CCOC2(CCOCC2)C1. The Morgan fingerprint density at radius 2 is 2.05 bits per heavy atom. The third kappa shape index (κ3) is 5.03. The number of rotatable bonds is 7. The van der Waals surface area contributed by atoms with Crippen molar-refractivity contribution in [2.24, 2.45) is 0 Å². The Labute approximate surface area is 117 Å². The molecule has 1 spiro atoms. The van der Waals surface area contributed by atoms with Crippen molar-refractivity contribution in [2.45, 2.75) is 57.1 Å². The largest absolute Gasteiger partial charge is 0.381 e. The van der Waals surface area contributed by atoms with Crippen molar-refractivity contribution in [3.8, 4) is 0 Å². The monoisotopic (exact) mass is 271 g/mol. The van der Waals surface area contributed by atoms with Crippen LogP contribution < -0.4 is 5.32 Å². The van der Waals surface area contributed by atoms with E-state index in [4.69, 9.17) is 14.2 Å². The minimum atomic E-state index is 0.104. The van der Waals surface area contributed by atoms with Crippen molar-refractivity contribution in [1.82, 2.24) is 5.32 Å². The molecular formula is C15H29NO3. The number of hydrogen-bond acceptors (Lipinski definition) is 4. The van der Waals surface area contributed by atoms with Gasteiger partial charge in [0.25, 0.3) is 0 Å². The van der Waals surface area contributed by atoms with E-state index in [1.807, 2.05) is 0 Å². The fourth-order valence-electron chi connectivity index (χ4n) is 3.02. The van der Waals surface area contributed by atoms with E-state index < -0.39 is 0 Å². The van der Waals surface area contributed by atoms with E-state index in [1.165, 1.54) is 0 Å². The predicted molar refractivity (Wildman–Crippen MR) is 75.5 cm³/mol. The van der Waals surface area contributed by atoms with Crippen LogP contribution in [0.1, 0.15) is 45.4 Å². The van der Waals surface area contributed by atoms with Crippen LogP contribution in [0, 0.1) is 0 Å². The normalized spacial score (nSPS) is 26.7. The molecule has 0 aromatic carbocycles. The van der Waals surface area contributed by atoms with Gasteiger partial charge in [-0.2, -0.15) is 0 Å². The Hall–Kier alpha value is -0.160. The molecule has 2 heterocycles. The van der Waals surface area contributed by atoms with Crippen molar-refractivity contribution in [2.75, 3.05) is 39.6 Å². The summed E-state index contributed by atoms with van der Waals surface area (Å²) in [7, 11) is 0. The van der Waals surface area contributed by atoms with Gasteiger partial charge in [-0.3, -0.25) is 0 Å². The molecule has 1 atom stereocenters. The summed E-state index contributed by atoms with van der Waals surface area (Å²) in [6, 6.07) is 0.609. The molecule has 4 heteroatoms. The van der Waals surface area contributed by atoms with Crippen molar-refractivity contribution < 1.29 is 14.2 Å². The molecule has 0 bridgehead atoms. The average molecular weight is 271 g/mol. The highest BCUT2D eigenvalue weighted by atomic mass is 16.5. The van der Waals surface area contributed by atoms with Crippen LogP contribution in [0.2, 0.25) is 0 Å². The van der Waals surface area contributed by atoms with Gasteiger partial charge in [-0.15, -0.1) is 0 Å². The van der Waals surface area contributed by atoms with Gasteiger partial charge in [0, 0.05) is 39.1 Å². The molecule has 0 radical (unpaired) electrons. The Kier molecular flexibility index (Phi) is 6.57. The maximum atomic E-state index is 6.05. The summed E-state index contributed by atoms with van der Waals surface area (Å²) in [6.07, 6.45) is 6.62. The van der Waals surface area contributed by atoms with Gasteiger partial charge in [0.15, 0.2) is 0 Å². The molecule has 2 fully saturated rings. The summed E-state index contributed by atoms with van der Waals surface area (Å²) >= 11 is 0. The Balaban J connectivity index is 1.61. The van der Waals surface area contributed by atoms with Crippen molar-refractivity contribution in [3.05, 3.63) is 0 Å². The maximum Gasteiger partial charge on any atom is 0.0741 e. The lowest BCUT2D eigenvalue weighted by Crippen LogP contribution is -2.50. The summed E-state index contributed by atoms with van der Waals surface area (Å²) in [6.45, 7) is 7.58. The lowest BCUT2D eigenvalue weighted by atomic mass is 9.84. The summed E-state index contributed by atoms with van der Waals surface area (Å²) in [5.74, 6) is 0. The second-order valence-electron chi connectivity index (χ2n) is 5.75. The number of nitrogens with one attached hydrogen (secondary N) is 1. The molecule has 0 aliphatic carbocycles. The van der Waals surface area contributed by atoms with E-state index in [-0.39, 0.29) is 5.60 Å². The first-order valence-electron chi connectivity index (χ1n) is 7.87. The fraction of sp³-hybridized carbons (Fsp3) is 1.00. The zero-order valence-electron chi connectivity index (χ0n) is 12.3. The lowest BCUT2D eigenvalue weighted by Gasteiger charge is -2.43. The molecule has 2 saturated heterocycles. The third-order valence-corrected chi connectivity index (χ3v) is 4.14. The van der Waals surface area contributed by atoms with Gasteiger partial charge < -0.3 is 19.5 Å². The van der Waals surface area contributed by atoms with Gasteiger partial charge >= 0.3 is 0 Å². The van der Waals surface area contributed by atoms with Gasteiger partial charge in [-0.1, -0.05) is 6.92 Å². The predicted octanol–water partition coefficient (Wildman–Crippen LogP) is 2.12. The van der Waals surface area contributed by atoms with E-state index in [2.05, 4.69) is 12.2 Å². The minimum Gasteiger partial charge on any atom is -0.381 e. The Bertz CT molecular complexity index is 236. The van der Waals surface area contributed by atoms with Crippen LogP contribution in [0.3, 0.4) is 0 Å². The van der Waals surface area contributed by atoms with Crippen LogP contribution in [-0.4, -0.2) is 51.2 Å². The van der Waals surface area contributed by atoms with Gasteiger partial charge in [-0.05, 0) is 45.1 Å². The highest BCUT2D eigenvalue weighted by Gasteiger charge is 2.38. The van der Waals surface area contributed by atoms with Crippen molar-refractivity contribution >= 4 is 0 Å². The quantitative estimate of drug-likeness (QED) is 0.720. The zero-order chi connectivity index (χ0) is 13.4. The smallest absolute Gasteiger partial charge is 0.0741 e. The van der Waals surface area contributed by atoms with Crippen LogP contribution in [0.5, 0.6) is 0 Å². The second kappa shape index (κ2) is 8.20. The van der Waals surface area contributed by atoms with Crippen LogP contribution in [0.15, 0.2) is 0 Å². The van der Waals surface area contributed by atoms with Crippen LogP contribution in [0.4, 0.5) is 0 Å². The van der Waals surface area contributed by atoms with E-state index in [0.717, 1.165) is 78.1 Å². The molecule has 2 rings (SSSR count). The van der Waals surface area contributed by atoms with Crippen LogP contribution in [-0.2, 0) is 14.2 Å². The van der Waals surface area contributed by atoms with Gasteiger partial charge in [0.1, 0.15) is 0 Å². The van der Waals surface area contributed by atoms with Gasteiger partial charge in [-0.25, -0.2) is 0 Å². The van der Waals surface area contributed by atoms with Gasteiger partial charge in [0.05, 0.1) is 5.60 Å². The molecule has 0 amide bonds. The molecule has 0 aromatic rings. The third-order valence-electron chi connectivity index (χ3n) is 4.14. The molecule has 4 nitrogen and oxygen atoms in total. The molecule has 2 aliphatic heterocycles. The van der Waals surface area contributed by atoms with E-state index in [0.29, 0.717) is 6.04 Å². The molecule has 2 aliphatic rings. The van der Waals surface area contributed by atoms with Crippen molar-refractivity contribution in [3.63, 3.8) is 0 Å². The van der Waals surface area contributed by atoms with E-state index >= 15 is 0 Å². The lowest BCUT2D eigenvalue weighted by molar-refractivity contribution is -0.140. The summed E-state index contributed by atoms with van der Waals surface area (Å²) in [5.41, 5.74) is 0.104. The molecule has 112 valence electrons. The summed E-state index contributed by atoms with van der Waals surface area (Å²) in [4.78, 5) is 0. The molecule has 19 heavy (non-hydrogen) atoms. The second-order valence-corrected chi connectivity index (χ2v) is 5.75. The first kappa shape index (κ1) is 15.2. The summed E-state index contributed by atoms with van der Waals surface area (Å²) < 4.78 is 17.0. The first-order valence-corrected chi connectivity index (χ1v) is 7.87. The molecule has 1 N–H and O–H groups in total. The molecule has 0 aromatic heterocycles. The van der Waals surface area contributed by atoms with Gasteiger partial charge in [0.2, 0.25) is 0 Å². The summed E-state index contributed by atoms with van der Waals surface area (Å²) in [5, 5.41) is 3.67. The molecular weight excluding hydrogens is 242 g/mol. The average Bonchev–Trinajstić information content (AvgIpc) is 2.44. The zero-order valence-corrected chi connectivity index (χ0v) is 12.3. The van der Waals surface area contributed by atoms with E-state index in [9.17, 15) is 0 Å². The first-order chi connectivity index (χ1) is 9.35. The maximum absolute atomic E-state index is 6.05. The topological polar surface area (TPSA) is 39.7 Å². The number of ether oxygens (including phenoxy) is 3. The number of hydrogen-bond donors (Lipinski definition) is 1. The van der Waals surface area contributed by atoms with Crippen LogP contribution >= 0.6 is 0 Å². The molecule has 1 unspecified atom stereocenters. The molecule has 0 saturated carbocycles. The highest BCUT2D eigenvalue weighted by Crippen LogP contribution is 2.34. The van der Waals surface area contributed by atoms with E-state index in [1.54, 1.807) is 0 Å². The van der Waals surface area contributed by atoms with Crippen molar-refractivity contribution in [1.29, 1.82) is 0 Å². The Morgan fingerprint density at radius 1 is 1.21 bits per heavy atom. The van der Waals surface area contributed by atoms with Crippen LogP contribution in [0.25, 0.3) is 0 Å². The Morgan fingerprint density at radius 3 is 2.84 bits per heavy atom.